The zero-order valence-electron chi connectivity index (χ0n) is 8.03. The Hall–Kier alpha value is -1.29. The lowest BCUT2D eigenvalue weighted by molar-refractivity contribution is 0.272. The molecule has 4 nitrogen and oxygen atoms in total. The van der Waals surface area contributed by atoms with Crippen LogP contribution in [0.4, 0.5) is 0 Å². The third-order valence-electron chi connectivity index (χ3n) is 1.62. The van der Waals surface area contributed by atoms with Crippen LogP contribution < -0.4 is 5.56 Å². The summed E-state index contributed by atoms with van der Waals surface area (Å²) < 4.78 is 6.17. The van der Waals surface area contributed by atoms with E-state index in [0.717, 1.165) is 0 Å². The van der Waals surface area contributed by atoms with Crippen LogP contribution in [0.25, 0.3) is 6.08 Å². The van der Waals surface area contributed by atoms with E-state index >= 15 is 0 Å². The van der Waals surface area contributed by atoms with Gasteiger partial charge in [-0.3, -0.25) is 4.79 Å². The van der Waals surface area contributed by atoms with Gasteiger partial charge in [0.15, 0.2) is 0 Å². The molecule has 0 bridgehead atoms. The maximum atomic E-state index is 11.3. The second-order valence-corrected chi connectivity index (χ2v) is 2.98. The van der Waals surface area contributed by atoms with Crippen molar-refractivity contribution in [3.63, 3.8) is 0 Å². The molecule has 14 heavy (non-hydrogen) atoms. The fourth-order valence-electron chi connectivity index (χ4n) is 0.857. The second kappa shape index (κ2) is 4.81. The summed E-state index contributed by atoms with van der Waals surface area (Å²) in [5, 5.41) is 3.98. The lowest BCUT2D eigenvalue weighted by atomic mass is 10.3. The Balaban J connectivity index is 3.00. The monoisotopic (exact) mass is 214 g/mol. The molecule has 0 aromatic carbocycles. The predicted molar refractivity (Wildman–Crippen MR) is 55.1 cm³/mol. The van der Waals surface area contributed by atoms with Gasteiger partial charge >= 0.3 is 0 Å². The van der Waals surface area contributed by atoms with Crippen LogP contribution in [0.5, 0.6) is 0 Å². The summed E-state index contributed by atoms with van der Waals surface area (Å²) in [7, 11) is 1.55. The van der Waals surface area contributed by atoms with Crippen molar-refractivity contribution >= 4 is 17.7 Å². The maximum absolute atomic E-state index is 11.3. The van der Waals surface area contributed by atoms with Crippen molar-refractivity contribution in [2.45, 2.75) is 6.92 Å². The van der Waals surface area contributed by atoms with Gasteiger partial charge in [0.25, 0.3) is 5.56 Å². The van der Waals surface area contributed by atoms with E-state index in [1.54, 1.807) is 13.1 Å². The Kier molecular flexibility index (Phi) is 3.71. The van der Waals surface area contributed by atoms with E-state index in [1.165, 1.54) is 17.1 Å². The molecular formula is C9H11ClN2O2. The first kappa shape index (κ1) is 10.8. The van der Waals surface area contributed by atoms with Gasteiger partial charge in [0.05, 0.1) is 19.1 Å². The van der Waals surface area contributed by atoms with Gasteiger partial charge in [0.1, 0.15) is 5.02 Å². The number of aromatic nitrogens is 2. The molecule has 0 aliphatic heterocycles. The molecule has 1 aromatic heterocycles. The number of rotatable bonds is 3. The second-order valence-electron chi connectivity index (χ2n) is 2.60. The fraction of sp³-hybridized carbons (Fsp3) is 0.333. The van der Waals surface area contributed by atoms with Crippen molar-refractivity contribution in [1.82, 2.24) is 9.78 Å². The summed E-state index contributed by atoms with van der Waals surface area (Å²) >= 11 is 5.80. The molecule has 76 valence electrons. The van der Waals surface area contributed by atoms with E-state index in [0.29, 0.717) is 12.2 Å². The van der Waals surface area contributed by atoms with E-state index in [2.05, 4.69) is 5.10 Å². The van der Waals surface area contributed by atoms with E-state index in [-0.39, 0.29) is 10.6 Å². The normalized spacial score (nSPS) is 10.8. The molecule has 0 spiro atoms. The molecule has 0 amide bonds. The minimum absolute atomic E-state index is 0.151. The number of halogens is 1. The Morgan fingerprint density at radius 2 is 2.43 bits per heavy atom. The van der Waals surface area contributed by atoms with Gasteiger partial charge in [0.2, 0.25) is 0 Å². The first-order valence-corrected chi connectivity index (χ1v) is 4.54. The SMILES string of the molecule is CCOC=Cc1cnn(C)c(=O)c1Cl. The summed E-state index contributed by atoms with van der Waals surface area (Å²) in [5.41, 5.74) is 0.244. The van der Waals surface area contributed by atoms with Crippen LogP contribution in [0.3, 0.4) is 0 Å². The number of ether oxygens (including phenoxy) is 1. The highest BCUT2D eigenvalue weighted by Crippen LogP contribution is 2.10. The van der Waals surface area contributed by atoms with Crippen molar-refractivity contribution in [1.29, 1.82) is 0 Å². The molecule has 0 unspecified atom stereocenters. The van der Waals surface area contributed by atoms with Gasteiger partial charge in [0, 0.05) is 12.6 Å². The number of hydrogen-bond acceptors (Lipinski definition) is 3. The minimum atomic E-state index is -0.315. The van der Waals surface area contributed by atoms with Gasteiger partial charge in [-0.05, 0) is 13.0 Å². The number of aryl methyl sites for hydroxylation is 1. The van der Waals surface area contributed by atoms with Gasteiger partial charge in [-0.15, -0.1) is 0 Å². The largest absolute Gasteiger partial charge is 0.501 e. The van der Waals surface area contributed by atoms with Crippen LogP contribution in [-0.2, 0) is 11.8 Å². The smallest absolute Gasteiger partial charge is 0.285 e. The Bertz CT molecular complexity index is 398. The molecule has 0 radical (unpaired) electrons. The molecule has 0 aliphatic carbocycles. The minimum Gasteiger partial charge on any atom is -0.501 e. The summed E-state index contributed by atoms with van der Waals surface area (Å²) in [5.74, 6) is 0. The Labute approximate surface area is 86.8 Å². The summed E-state index contributed by atoms with van der Waals surface area (Å²) in [6.45, 7) is 2.45. The molecular weight excluding hydrogens is 204 g/mol. The van der Waals surface area contributed by atoms with Crippen LogP contribution in [0.2, 0.25) is 5.02 Å². The van der Waals surface area contributed by atoms with E-state index in [1.807, 2.05) is 6.92 Å². The molecule has 0 aliphatic rings. The quantitative estimate of drug-likeness (QED) is 0.716. The van der Waals surface area contributed by atoms with Crippen molar-refractivity contribution in [3.8, 4) is 0 Å². The molecule has 0 fully saturated rings. The van der Waals surface area contributed by atoms with Gasteiger partial charge in [-0.25, -0.2) is 4.68 Å². The van der Waals surface area contributed by atoms with Gasteiger partial charge < -0.3 is 4.74 Å². The van der Waals surface area contributed by atoms with Crippen molar-refractivity contribution in [2.75, 3.05) is 6.61 Å². The average Bonchev–Trinajstić information content (AvgIpc) is 2.18. The summed E-state index contributed by atoms with van der Waals surface area (Å²) in [4.78, 5) is 11.3. The lowest BCUT2D eigenvalue weighted by Gasteiger charge is -1.99. The topological polar surface area (TPSA) is 44.1 Å². The van der Waals surface area contributed by atoms with Crippen LogP contribution in [0.15, 0.2) is 17.3 Å². The number of hydrogen-bond donors (Lipinski definition) is 0. The van der Waals surface area contributed by atoms with Crippen molar-refractivity contribution < 1.29 is 4.74 Å². The van der Waals surface area contributed by atoms with E-state index < -0.39 is 0 Å². The molecule has 1 aromatic rings. The van der Waals surface area contributed by atoms with Crippen LogP contribution in [0, 0.1) is 0 Å². The fourth-order valence-corrected chi connectivity index (χ4v) is 1.09. The third kappa shape index (κ3) is 2.35. The molecule has 0 saturated carbocycles. The average molecular weight is 215 g/mol. The Morgan fingerprint density at radius 3 is 3.07 bits per heavy atom. The highest BCUT2D eigenvalue weighted by atomic mass is 35.5. The maximum Gasteiger partial charge on any atom is 0.285 e. The third-order valence-corrected chi connectivity index (χ3v) is 2.00. The van der Waals surface area contributed by atoms with Gasteiger partial charge in [-0.2, -0.15) is 5.10 Å². The summed E-state index contributed by atoms with van der Waals surface area (Å²) in [6, 6.07) is 0. The zero-order valence-corrected chi connectivity index (χ0v) is 8.78. The molecule has 1 heterocycles. The Morgan fingerprint density at radius 1 is 1.71 bits per heavy atom. The van der Waals surface area contributed by atoms with E-state index in [9.17, 15) is 4.79 Å². The van der Waals surface area contributed by atoms with E-state index in [4.69, 9.17) is 16.3 Å². The summed E-state index contributed by atoms with van der Waals surface area (Å²) in [6.07, 6.45) is 4.61. The highest BCUT2D eigenvalue weighted by molar-refractivity contribution is 6.31. The standard InChI is InChI=1S/C9H11ClN2O2/c1-3-14-5-4-7-6-11-12(2)9(13)8(7)10/h4-6H,3H2,1-2H3. The van der Waals surface area contributed by atoms with Crippen molar-refractivity contribution in [2.24, 2.45) is 7.05 Å². The molecule has 0 atom stereocenters. The van der Waals surface area contributed by atoms with Crippen molar-refractivity contribution in [3.05, 3.63) is 33.4 Å². The lowest BCUT2D eigenvalue weighted by Crippen LogP contribution is -2.20. The van der Waals surface area contributed by atoms with Gasteiger partial charge in [-0.1, -0.05) is 11.6 Å². The van der Waals surface area contributed by atoms with Crippen LogP contribution in [-0.4, -0.2) is 16.4 Å². The highest BCUT2D eigenvalue weighted by Gasteiger charge is 2.03. The first-order valence-electron chi connectivity index (χ1n) is 4.16. The predicted octanol–water partition coefficient (Wildman–Crippen LogP) is 1.44. The molecule has 0 N–H and O–H groups in total. The first-order chi connectivity index (χ1) is 6.66. The van der Waals surface area contributed by atoms with Crippen LogP contribution >= 0.6 is 11.6 Å². The number of nitrogens with zero attached hydrogens (tertiary/aromatic N) is 2. The molecule has 0 saturated heterocycles. The van der Waals surface area contributed by atoms with Crippen LogP contribution in [0.1, 0.15) is 12.5 Å². The molecule has 1 rings (SSSR count). The molecule has 5 heteroatoms. The zero-order chi connectivity index (χ0) is 10.6.